The van der Waals surface area contributed by atoms with E-state index in [1.807, 2.05) is 12.3 Å². The van der Waals surface area contributed by atoms with Crippen LogP contribution >= 0.6 is 0 Å². The molecule has 1 unspecified atom stereocenters. The SMILES string of the molecule is CCC(CN)CC(=O)NCCn1cccn1. The van der Waals surface area contributed by atoms with Gasteiger partial charge in [-0.3, -0.25) is 9.48 Å². The van der Waals surface area contributed by atoms with Crippen molar-refractivity contribution in [3.05, 3.63) is 18.5 Å². The van der Waals surface area contributed by atoms with Gasteiger partial charge in [-0.05, 0) is 18.5 Å². The van der Waals surface area contributed by atoms with Crippen molar-refractivity contribution in [2.24, 2.45) is 11.7 Å². The minimum absolute atomic E-state index is 0.0736. The predicted molar refractivity (Wildman–Crippen MR) is 62.7 cm³/mol. The van der Waals surface area contributed by atoms with Gasteiger partial charge >= 0.3 is 0 Å². The van der Waals surface area contributed by atoms with E-state index in [9.17, 15) is 4.79 Å². The summed E-state index contributed by atoms with van der Waals surface area (Å²) in [6.45, 7) is 3.94. The van der Waals surface area contributed by atoms with Crippen molar-refractivity contribution in [2.45, 2.75) is 26.3 Å². The zero-order chi connectivity index (χ0) is 11.8. The summed E-state index contributed by atoms with van der Waals surface area (Å²) in [6, 6.07) is 1.86. The lowest BCUT2D eigenvalue weighted by Crippen LogP contribution is -2.30. The van der Waals surface area contributed by atoms with Gasteiger partial charge in [-0.2, -0.15) is 5.10 Å². The average Bonchev–Trinajstić information content (AvgIpc) is 2.79. The Balaban J connectivity index is 2.15. The summed E-state index contributed by atoms with van der Waals surface area (Å²) in [7, 11) is 0. The third-order valence-corrected chi connectivity index (χ3v) is 2.61. The maximum atomic E-state index is 11.5. The van der Waals surface area contributed by atoms with E-state index in [4.69, 9.17) is 5.73 Å². The molecule has 5 nitrogen and oxygen atoms in total. The second kappa shape index (κ2) is 7.00. The van der Waals surface area contributed by atoms with Crippen LogP contribution in [0.5, 0.6) is 0 Å². The Bertz CT molecular complexity index is 293. The van der Waals surface area contributed by atoms with E-state index in [1.165, 1.54) is 0 Å². The Labute approximate surface area is 96.0 Å². The summed E-state index contributed by atoms with van der Waals surface area (Å²) in [4.78, 5) is 11.5. The molecule has 3 N–H and O–H groups in total. The first-order chi connectivity index (χ1) is 7.76. The highest BCUT2D eigenvalue weighted by Gasteiger charge is 2.09. The Hall–Kier alpha value is -1.36. The topological polar surface area (TPSA) is 72.9 Å². The molecular formula is C11H20N4O. The first kappa shape index (κ1) is 12.7. The largest absolute Gasteiger partial charge is 0.354 e. The molecule has 0 saturated heterocycles. The number of aromatic nitrogens is 2. The molecule has 1 heterocycles. The van der Waals surface area contributed by atoms with Gasteiger partial charge in [0.1, 0.15) is 0 Å². The zero-order valence-electron chi connectivity index (χ0n) is 9.72. The Morgan fingerprint density at radius 1 is 1.62 bits per heavy atom. The van der Waals surface area contributed by atoms with Crippen LogP contribution in [0.15, 0.2) is 18.5 Å². The van der Waals surface area contributed by atoms with Crippen molar-refractivity contribution in [3.63, 3.8) is 0 Å². The molecular weight excluding hydrogens is 204 g/mol. The summed E-state index contributed by atoms with van der Waals surface area (Å²) in [5.74, 6) is 0.370. The fourth-order valence-corrected chi connectivity index (χ4v) is 1.47. The van der Waals surface area contributed by atoms with E-state index in [0.29, 0.717) is 32.0 Å². The zero-order valence-corrected chi connectivity index (χ0v) is 9.72. The maximum absolute atomic E-state index is 11.5. The molecule has 1 amide bonds. The normalized spacial score (nSPS) is 12.4. The van der Waals surface area contributed by atoms with Gasteiger partial charge in [0, 0.05) is 25.4 Å². The minimum Gasteiger partial charge on any atom is -0.354 e. The Morgan fingerprint density at radius 2 is 2.44 bits per heavy atom. The van der Waals surface area contributed by atoms with Gasteiger partial charge in [-0.25, -0.2) is 0 Å². The average molecular weight is 224 g/mol. The molecule has 0 aliphatic heterocycles. The minimum atomic E-state index is 0.0736. The number of nitrogens with two attached hydrogens (primary N) is 1. The van der Waals surface area contributed by atoms with Crippen LogP contribution in [0.1, 0.15) is 19.8 Å². The van der Waals surface area contributed by atoms with Gasteiger partial charge in [0.05, 0.1) is 6.54 Å². The van der Waals surface area contributed by atoms with Crippen molar-refractivity contribution in [3.8, 4) is 0 Å². The van der Waals surface area contributed by atoms with Crippen molar-refractivity contribution in [1.82, 2.24) is 15.1 Å². The lowest BCUT2D eigenvalue weighted by molar-refractivity contribution is -0.122. The standard InChI is InChI=1S/C11H20N4O/c1-2-10(9-12)8-11(16)13-5-7-15-6-3-4-14-15/h3-4,6,10H,2,5,7-9,12H2,1H3,(H,13,16). The van der Waals surface area contributed by atoms with Crippen molar-refractivity contribution >= 4 is 5.91 Å². The van der Waals surface area contributed by atoms with Crippen LogP contribution in [0.3, 0.4) is 0 Å². The second-order valence-corrected chi connectivity index (χ2v) is 3.83. The monoisotopic (exact) mass is 224 g/mol. The van der Waals surface area contributed by atoms with E-state index in [0.717, 1.165) is 6.42 Å². The lowest BCUT2D eigenvalue weighted by Gasteiger charge is -2.11. The quantitative estimate of drug-likeness (QED) is 0.703. The van der Waals surface area contributed by atoms with Crippen LogP contribution < -0.4 is 11.1 Å². The van der Waals surface area contributed by atoms with Crippen LogP contribution in [-0.4, -0.2) is 28.8 Å². The highest BCUT2D eigenvalue weighted by atomic mass is 16.1. The second-order valence-electron chi connectivity index (χ2n) is 3.83. The predicted octanol–water partition coefficient (Wildman–Crippen LogP) is 0.374. The van der Waals surface area contributed by atoms with Crippen LogP contribution in [0.4, 0.5) is 0 Å². The first-order valence-electron chi connectivity index (χ1n) is 5.70. The van der Waals surface area contributed by atoms with Gasteiger partial charge < -0.3 is 11.1 Å². The van der Waals surface area contributed by atoms with E-state index < -0.39 is 0 Å². The molecule has 5 heteroatoms. The molecule has 0 aliphatic carbocycles. The number of nitrogens with zero attached hydrogens (tertiary/aromatic N) is 2. The molecule has 1 aromatic heterocycles. The van der Waals surface area contributed by atoms with Crippen LogP contribution in [-0.2, 0) is 11.3 Å². The molecule has 1 atom stereocenters. The highest BCUT2D eigenvalue weighted by molar-refractivity contribution is 5.76. The van der Waals surface area contributed by atoms with E-state index in [2.05, 4.69) is 17.3 Å². The van der Waals surface area contributed by atoms with Gasteiger partial charge in [0.25, 0.3) is 0 Å². The summed E-state index contributed by atoms with van der Waals surface area (Å²) in [5.41, 5.74) is 5.54. The first-order valence-corrected chi connectivity index (χ1v) is 5.70. The van der Waals surface area contributed by atoms with Crippen molar-refractivity contribution < 1.29 is 4.79 Å². The molecule has 1 aromatic rings. The summed E-state index contributed by atoms with van der Waals surface area (Å²) >= 11 is 0. The number of carbonyl (C=O) groups excluding carboxylic acids is 1. The fraction of sp³-hybridized carbons (Fsp3) is 0.636. The third-order valence-electron chi connectivity index (χ3n) is 2.61. The number of carbonyl (C=O) groups is 1. The number of amides is 1. The number of rotatable bonds is 7. The Morgan fingerprint density at radius 3 is 3.00 bits per heavy atom. The third kappa shape index (κ3) is 4.44. The molecule has 0 fully saturated rings. The molecule has 0 aromatic carbocycles. The molecule has 0 radical (unpaired) electrons. The van der Waals surface area contributed by atoms with Crippen LogP contribution in [0.2, 0.25) is 0 Å². The Kier molecular flexibility index (Phi) is 5.56. The molecule has 16 heavy (non-hydrogen) atoms. The fourth-order valence-electron chi connectivity index (χ4n) is 1.47. The molecule has 0 bridgehead atoms. The summed E-state index contributed by atoms with van der Waals surface area (Å²) < 4.78 is 1.79. The van der Waals surface area contributed by atoms with Crippen LogP contribution in [0.25, 0.3) is 0 Å². The van der Waals surface area contributed by atoms with E-state index in [-0.39, 0.29) is 5.91 Å². The summed E-state index contributed by atoms with van der Waals surface area (Å²) in [5, 5.41) is 6.92. The highest BCUT2D eigenvalue weighted by Crippen LogP contribution is 2.04. The van der Waals surface area contributed by atoms with E-state index >= 15 is 0 Å². The van der Waals surface area contributed by atoms with Gasteiger partial charge in [-0.1, -0.05) is 13.3 Å². The van der Waals surface area contributed by atoms with Gasteiger partial charge in [-0.15, -0.1) is 0 Å². The molecule has 0 spiro atoms. The van der Waals surface area contributed by atoms with E-state index in [1.54, 1.807) is 10.9 Å². The van der Waals surface area contributed by atoms with Gasteiger partial charge in [0.15, 0.2) is 0 Å². The number of nitrogens with one attached hydrogen (secondary N) is 1. The van der Waals surface area contributed by atoms with Crippen molar-refractivity contribution in [1.29, 1.82) is 0 Å². The number of hydrogen-bond acceptors (Lipinski definition) is 3. The lowest BCUT2D eigenvalue weighted by atomic mass is 10.0. The van der Waals surface area contributed by atoms with Gasteiger partial charge in [0.2, 0.25) is 5.91 Å². The molecule has 90 valence electrons. The molecule has 1 rings (SSSR count). The maximum Gasteiger partial charge on any atom is 0.220 e. The summed E-state index contributed by atoms with van der Waals surface area (Å²) in [6.07, 6.45) is 5.07. The van der Waals surface area contributed by atoms with Crippen molar-refractivity contribution in [2.75, 3.05) is 13.1 Å². The molecule has 0 saturated carbocycles. The molecule has 0 aliphatic rings. The number of hydrogen-bond donors (Lipinski definition) is 2. The smallest absolute Gasteiger partial charge is 0.220 e. The van der Waals surface area contributed by atoms with Crippen LogP contribution in [0, 0.1) is 5.92 Å².